The molecular weight excluding hydrogens is 232 g/mol. The summed E-state index contributed by atoms with van der Waals surface area (Å²) in [5.74, 6) is -0.522. The second-order valence-corrected chi connectivity index (χ2v) is 4.42. The first kappa shape index (κ1) is 12.4. The number of anilines is 1. The van der Waals surface area contributed by atoms with Crippen LogP contribution in [0.3, 0.4) is 0 Å². The molecule has 0 saturated carbocycles. The summed E-state index contributed by atoms with van der Waals surface area (Å²) in [5, 5.41) is 0. The molecule has 5 nitrogen and oxygen atoms in total. The number of nitrogen functional groups attached to an aromatic ring is 1. The molecule has 2 rings (SSSR count). The number of carbonyl (C=O) groups excluding carboxylic acids is 2. The Morgan fingerprint density at radius 1 is 1.39 bits per heavy atom. The minimum Gasteiger partial charge on any atom is -0.467 e. The molecule has 0 fully saturated rings. The van der Waals surface area contributed by atoms with Crippen molar-refractivity contribution in [1.29, 1.82) is 0 Å². The summed E-state index contributed by atoms with van der Waals surface area (Å²) in [6.45, 7) is 1.85. The van der Waals surface area contributed by atoms with E-state index in [1.165, 1.54) is 18.9 Å². The minimum absolute atomic E-state index is 0.140. The lowest BCUT2D eigenvalue weighted by atomic mass is 9.93. The van der Waals surface area contributed by atoms with Crippen molar-refractivity contribution < 1.29 is 14.3 Å². The van der Waals surface area contributed by atoms with Gasteiger partial charge in [0.05, 0.1) is 7.11 Å². The highest BCUT2D eigenvalue weighted by molar-refractivity contribution is 5.84. The van der Waals surface area contributed by atoms with Crippen LogP contribution in [0.5, 0.6) is 0 Å². The number of fused-ring (bicyclic) bond motifs is 1. The molecule has 18 heavy (non-hydrogen) atoms. The van der Waals surface area contributed by atoms with Crippen molar-refractivity contribution in [3.63, 3.8) is 0 Å². The highest BCUT2D eigenvalue weighted by Gasteiger charge is 2.33. The summed E-state index contributed by atoms with van der Waals surface area (Å²) in [6, 6.07) is 5.01. The minimum atomic E-state index is -0.538. The molecule has 1 aromatic rings. The van der Waals surface area contributed by atoms with Crippen molar-refractivity contribution in [3.8, 4) is 0 Å². The summed E-state index contributed by atoms with van der Waals surface area (Å²) in [4.78, 5) is 24.9. The van der Waals surface area contributed by atoms with Crippen molar-refractivity contribution in [3.05, 3.63) is 29.3 Å². The number of amides is 1. The highest BCUT2D eigenvalue weighted by atomic mass is 16.5. The summed E-state index contributed by atoms with van der Waals surface area (Å²) in [6.07, 6.45) is 0.474. The third kappa shape index (κ3) is 2.16. The maximum Gasteiger partial charge on any atom is 0.328 e. The number of hydrogen-bond acceptors (Lipinski definition) is 4. The Kier molecular flexibility index (Phi) is 3.23. The van der Waals surface area contributed by atoms with Gasteiger partial charge in [-0.2, -0.15) is 0 Å². The van der Waals surface area contributed by atoms with E-state index in [0.717, 1.165) is 11.1 Å². The molecule has 0 radical (unpaired) electrons. The lowest BCUT2D eigenvalue weighted by Crippen LogP contribution is -2.48. The van der Waals surface area contributed by atoms with Gasteiger partial charge >= 0.3 is 5.97 Å². The molecule has 0 bridgehead atoms. The number of nitrogens with two attached hydrogens (primary N) is 1. The first-order chi connectivity index (χ1) is 8.52. The van der Waals surface area contributed by atoms with Crippen LogP contribution in [-0.2, 0) is 27.3 Å². The van der Waals surface area contributed by atoms with Crippen LogP contribution in [-0.4, -0.2) is 29.9 Å². The number of ether oxygens (including phenoxy) is 1. The largest absolute Gasteiger partial charge is 0.467 e. The Labute approximate surface area is 106 Å². The molecule has 1 aromatic carbocycles. The van der Waals surface area contributed by atoms with Gasteiger partial charge in [-0.1, -0.05) is 6.07 Å². The van der Waals surface area contributed by atoms with Crippen molar-refractivity contribution in [2.45, 2.75) is 25.9 Å². The third-order valence-electron chi connectivity index (χ3n) is 3.24. The van der Waals surface area contributed by atoms with Crippen LogP contribution in [0.15, 0.2) is 18.2 Å². The SMILES string of the molecule is COC(=O)C1Cc2ccc(N)cc2CN1C(C)=O. The molecule has 0 aliphatic carbocycles. The van der Waals surface area contributed by atoms with E-state index in [2.05, 4.69) is 0 Å². The summed E-state index contributed by atoms with van der Waals surface area (Å²) >= 11 is 0. The van der Waals surface area contributed by atoms with E-state index in [1.807, 2.05) is 12.1 Å². The van der Waals surface area contributed by atoms with Crippen LogP contribution in [0.1, 0.15) is 18.1 Å². The van der Waals surface area contributed by atoms with Gasteiger partial charge in [-0.15, -0.1) is 0 Å². The van der Waals surface area contributed by atoms with Gasteiger partial charge in [0.2, 0.25) is 5.91 Å². The molecule has 2 N–H and O–H groups in total. The fourth-order valence-electron chi connectivity index (χ4n) is 2.28. The van der Waals surface area contributed by atoms with Crippen LogP contribution in [0.25, 0.3) is 0 Å². The van der Waals surface area contributed by atoms with Gasteiger partial charge < -0.3 is 15.4 Å². The Balaban J connectivity index is 2.37. The van der Waals surface area contributed by atoms with E-state index in [-0.39, 0.29) is 11.9 Å². The molecule has 1 amide bonds. The molecule has 1 atom stereocenters. The molecule has 1 aliphatic rings. The van der Waals surface area contributed by atoms with Gasteiger partial charge in [0, 0.05) is 25.6 Å². The molecule has 0 spiro atoms. The van der Waals surface area contributed by atoms with E-state index >= 15 is 0 Å². The number of nitrogens with zero attached hydrogens (tertiary/aromatic N) is 1. The fourth-order valence-corrected chi connectivity index (χ4v) is 2.28. The zero-order valence-corrected chi connectivity index (χ0v) is 10.5. The van der Waals surface area contributed by atoms with Crippen LogP contribution in [0, 0.1) is 0 Å². The van der Waals surface area contributed by atoms with Gasteiger partial charge in [0.1, 0.15) is 6.04 Å². The van der Waals surface area contributed by atoms with E-state index in [1.54, 1.807) is 6.07 Å². The van der Waals surface area contributed by atoms with Gasteiger partial charge in [-0.05, 0) is 23.3 Å². The number of rotatable bonds is 1. The number of esters is 1. The summed E-state index contributed by atoms with van der Waals surface area (Å²) in [7, 11) is 1.33. The molecular formula is C13H16N2O3. The highest BCUT2D eigenvalue weighted by Crippen LogP contribution is 2.25. The summed E-state index contributed by atoms with van der Waals surface area (Å²) < 4.78 is 4.75. The molecule has 1 aliphatic heterocycles. The van der Waals surface area contributed by atoms with Crippen LogP contribution in [0.4, 0.5) is 5.69 Å². The molecule has 5 heteroatoms. The smallest absolute Gasteiger partial charge is 0.328 e. The van der Waals surface area contributed by atoms with Gasteiger partial charge in [0.25, 0.3) is 0 Å². The average Bonchev–Trinajstić information content (AvgIpc) is 2.36. The van der Waals surface area contributed by atoms with Crippen molar-refractivity contribution in [2.75, 3.05) is 12.8 Å². The van der Waals surface area contributed by atoms with Gasteiger partial charge in [-0.25, -0.2) is 4.79 Å². The predicted octanol–water partition coefficient (Wildman–Crippen LogP) is 0.715. The zero-order valence-electron chi connectivity index (χ0n) is 10.5. The van der Waals surface area contributed by atoms with E-state index < -0.39 is 6.04 Å². The molecule has 1 unspecified atom stereocenters. The standard InChI is InChI=1S/C13H16N2O3/c1-8(16)15-7-10-5-11(14)4-3-9(10)6-12(15)13(17)18-2/h3-5,12H,6-7,14H2,1-2H3. The number of methoxy groups -OCH3 is 1. The average molecular weight is 248 g/mol. The molecule has 0 aromatic heterocycles. The van der Waals surface area contributed by atoms with Crippen LogP contribution >= 0.6 is 0 Å². The maximum absolute atomic E-state index is 11.7. The van der Waals surface area contributed by atoms with E-state index in [4.69, 9.17) is 10.5 Å². The van der Waals surface area contributed by atoms with Gasteiger partial charge in [-0.3, -0.25) is 4.79 Å². The molecule has 1 heterocycles. The normalized spacial score (nSPS) is 18.1. The Bertz CT molecular complexity index is 499. The third-order valence-corrected chi connectivity index (χ3v) is 3.24. The topological polar surface area (TPSA) is 72.6 Å². The van der Waals surface area contributed by atoms with E-state index in [0.29, 0.717) is 18.7 Å². The Hall–Kier alpha value is -2.04. The summed E-state index contributed by atoms with van der Waals surface area (Å²) in [5.41, 5.74) is 8.42. The predicted molar refractivity (Wildman–Crippen MR) is 66.6 cm³/mol. The number of hydrogen-bond donors (Lipinski definition) is 1. The second kappa shape index (κ2) is 4.68. The lowest BCUT2D eigenvalue weighted by Gasteiger charge is -2.34. The van der Waals surface area contributed by atoms with Crippen LogP contribution in [0.2, 0.25) is 0 Å². The van der Waals surface area contributed by atoms with Gasteiger partial charge in [0.15, 0.2) is 0 Å². The Morgan fingerprint density at radius 2 is 2.11 bits per heavy atom. The maximum atomic E-state index is 11.7. The molecule has 0 saturated heterocycles. The Morgan fingerprint density at radius 3 is 2.72 bits per heavy atom. The zero-order chi connectivity index (χ0) is 13.3. The van der Waals surface area contributed by atoms with Crippen LogP contribution < -0.4 is 5.73 Å². The second-order valence-electron chi connectivity index (χ2n) is 4.42. The van der Waals surface area contributed by atoms with Crippen molar-refractivity contribution in [1.82, 2.24) is 4.90 Å². The van der Waals surface area contributed by atoms with Crippen molar-refractivity contribution >= 4 is 17.6 Å². The first-order valence-corrected chi connectivity index (χ1v) is 5.75. The number of carbonyl (C=O) groups is 2. The molecule has 96 valence electrons. The quantitative estimate of drug-likeness (QED) is 0.587. The van der Waals surface area contributed by atoms with E-state index in [9.17, 15) is 9.59 Å². The van der Waals surface area contributed by atoms with Crippen molar-refractivity contribution in [2.24, 2.45) is 0 Å². The first-order valence-electron chi connectivity index (χ1n) is 5.75. The number of benzene rings is 1. The monoisotopic (exact) mass is 248 g/mol. The fraction of sp³-hybridized carbons (Fsp3) is 0.385. The lowest BCUT2D eigenvalue weighted by molar-refractivity contribution is -0.153.